The van der Waals surface area contributed by atoms with E-state index in [1.54, 1.807) is 12.1 Å². The van der Waals surface area contributed by atoms with Crippen LogP contribution in [0.1, 0.15) is 21.5 Å². The fourth-order valence-corrected chi connectivity index (χ4v) is 3.02. The van der Waals surface area contributed by atoms with Crippen molar-refractivity contribution in [1.29, 1.82) is 0 Å². The number of carbonyl (C=O) groups is 2. The third kappa shape index (κ3) is 3.73. The summed E-state index contributed by atoms with van der Waals surface area (Å²) in [6.45, 7) is 0. The number of anilines is 1. The van der Waals surface area contributed by atoms with Gasteiger partial charge in [-0.2, -0.15) is 0 Å². The first-order valence-electron chi connectivity index (χ1n) is 8.92. The SMILES string of the molecule is O=C(O)c1ccc(/C=C2/N=C(c3ccc(F)cc3)N(c3ccc(F)cc3)C2=O)cc1. The predicted octanol–water partition coefficient (Wildman–Crippen LogP) is 4.50. The Morgan fingerprint density at radius 3 is 2.00 bits per heavy atom. The standard InChI is InChI=1S/C23H14F2N2O3/c24-17-7-5-15(6-8-17)21-26-20(13-14-1-3-16(4-2-14)23(29)30)22(28)27(21)19-11-9-18(25)10-12-19/h1-13H,(H,29,30)/b20-13+. The van der Waals surface area contributed by atoms with Crippen LogP contribution >= 0.6 is 0 Å². The van der Waals surface area contributed by atoms with Gasteiger partial charge in [0.15, 0.2) is 0 Å². The maximum atomic E-state index is 13.4. The Labute approximate surface area is 170 Å². The van der Waals surface area contributed by atoms with Crippen LogP contribution in [0, 0.1) is 11.6 Å². The van der Waals surface area contributed by atoms with Gasteiger partial charge in [0.05, 0.1) is 11.3 Å². The Morgan fingerprint density at radius 2 is 1.43 bits per heavy atom. The van der Waals surface area contributed by atoms with Crippen molar-refractivity contribution in [3.63, 3.8) is 0 Å². The molecule has 1 heterocycles. The van der Waals surface area contributed by atoms with Gasteiger partial charge in [0.25, 0.3) is 5.91 Å². The number of amides is 1. The first-order valence-corrected chi connectivity index (χ1v) is 8.92. The second-order valence-electron chi connectivity index (χ2n) is 6.52. The molecule has 0 unspecified atom stereocenters. The number of amidine groups is 1. The molecule has 1 N–H and O–H groups in total. The van der Waals surface area contributed by atoms with Crippen molar-refractivity contribution >= 4 is 29.5 Å². The summed E-state index contributed by atoms with van der Waals surface area (Å²) in [5.41, 5.74) is 1.75. The first-order chi connectivity index (χ1) is 14.4. The van der Waals surface area contributed by atoms with E-state index in [-0.39, 0.29) is 17.1 Å². The highest BCUT2D eigenvalue weighted by molar-refractivity contribution is 6.33. The zero-order chi connectivity index (χ0) is 21.3. The monoisotopic (exact) mass is 404 g/mol. The molecule has 4 rings (SSSR count). The molecule has 0 saturated heterocycles. The molecule has 3 aromatic rings. The number of hydrogen-bond acceptors (Lipinski definition) is 3. The van der Waals surface area contributed by atoms with Crippen LogP contribution in [-0.2, 0) is 4.79 Å². The number of aliphatic imine (C=N–C) groups is 1. The minimum atomic E-state index is -1.05. The number of carboxylic acid groups (broad SMARTS) is 1. The lowest BCUT2D eigenvalue weighted by atomic mass is 10.1. The van der Waals surface area contributed by atoms with Crippen LogP contribution in [0.2, 0.25) is 0 Å². The maximum absolute atomic E-state index is 13.4. The minimum Gasteiger partial charge on any atom is -0.478 e. The maximum Gasteiger partial charge on any atom is 0.335 e. The lowest BCUT2D eigenvalue weighted by Crippen LogP contribution is -2.32. The summed E-state index contributed by atoms with van der Waals surface area (Å²) in [5, 5.41) is 9.01. The van der Waals surface area contributed by atoms with E-state index < -0.39 is 23.5 Å². The third-order valence-corrected chi connectivity index (χ3v) is 4.51. The zero-order valence-corrected chi connectivity index (χ0v) is 15.4. The molecule has 7 heteroatoms. The van der Waals surface area contributed by atoms with E-state index in [0.717, 1.165) is 0 Å². The summed E-state index contributed by atoms with van der Waals surface area (Å²) in [6.07, 6.45) is 1.53. The second kappa shape index (κ2) is 7.71. The molecular formula is C23H14F2N2O3. The molecule has 3 aromatic carbocycles. The van der Waals surface area contributed by atoms with E-state index in [4.69, 9.17) is 5.11 Å². The van der Waals surface area contributed by atoms with Crippen LogP contribution in [0.3, 0.4) is 0 Å². The largest absolute Gasteiger partial charge is 0.478 e. The molecule has 0 radical (unpaired) electrons. The van der Waals surface area contributed by atoms with E-state index in [2.05, 4.69) is 4.99 Å². The Bertz CT molecular complexity index is 1180. The first kappa shape index (κ1) is 19.2. The van der Waals surface area contributed by atoms with Crippen molar-refractivity contribution in [1.82, 2.24) is 0 Å². The molecule has 0 saturated carbocycles. The highest BCUT2D eigenvalue weighted by Gasteiger charge is 2.32. The van der Waals surface area contributed by atoms with Gasteiger partial charge in [0.1, 0.15) is 23.2 Å². The van der Waals surface area contributed by atoms with Crippen LogP contribution in [0.5, 0.6) is 0 Å². The number of hydrogen-bond donors (Lipinski definition) is 1. The summed E-state index contributed by atoms with van der Waals surface area (Å²) in [5.74, 6) is -2.08. The van der Waals surface area contributed by atoms with Gasteiger partial charge < -0.3 is 5.11 Å². The van der Waals surface area contributed by atoms with E-state index in [1.165, 1.54) is 71.6 Å². The van der Waals surface area contributed by atoms with Crippen LogP contribution in [0.25, 0.3) is 6.08 Å². The molecule has 30 heavy (non-hydrogen) atoms. The van der Waals surface area contributed by atoms with Crippen LogP contribution in [-0.4, -0.2) is 22.8 Å². The normalized spacial score (nSPS) is 14.9. The smallest absolute Gasteiger partial charge is 0.335 e. The molecule has 0 spiro atoms. The molecule has 1 aliphatic heterocycles. The van der Waals surface area contributed by atoms with Gasteiger partial charge in [-0.15, -0.1) is 0 Å². The van der Waals surface area contributed by atoms with Crippen LogP contribution in [0.4, 0.5) is 14.5 Å². The van der Waals surface area contributed by atoms with E-state index >= 15 is 0 Å². The second-order valence-corrected chi connectivity index (χ2v) is 6.52. The Hall–Kier alpha value is -4.13. The quantitative estimate of drug-likeness (QED) is 0.651. The van der Waals surface area contributed by atoms with Crippen molar-refractivity contribution in [3.05, 3.63) is 107 Å². The summed E-state index contributed by atoms with van der Waals surface area (Å²) in [7, 11) is 0. The van der Waals surface area contributed by atoms with Gasteiger partial charge in [-0.25, -0.2) is 18.6 Å². The molecule has 0 aromatic heterocycles. The van der Waals surface area contributed by atoms with Gasteiger partial charge in [-0.1, -0.05) is 12.1 Å². The molecular weight excluding hydrogens is 390 g/mol. The van der Waals surface area contributed by atoms with Crippen molar-refractivity contribution < 1.29 is 23.5 Å². The number of benzene rings is 3. The molecule has 0 atom stereocenters. The number of aromatic carboxylic acids is 1. The molecule has 5 nitrogen and oxygen atoms in total. The summed E-state index contributed by atoms with van der Waals surface area (Å²) in [4.78, 5) is 29.9. The number of nitrogens with zero attached hydrogens (tertiary/aromatic N) is 2. The van der Waals surface area contributed by atoms with Gasteiger partial charge in [0, 0.05) is 5.56 Å². The Balaban J connectivity index is 1.78. The van der Waals surface area contributed by atoms with Crippen LogP contribution in [0.15, 0.2) is 83.5 Å². The Morgan fingerprint density at radius 1 is 0.867 bits per heavy atom. The molecule has 0 fully saturated rings. The van der Waals surface area contributed by atoms with Crippen LogP contribution < -0.4 is 4.90 Å². The molecule has 1 aliphatic rings. The predicted molar refractivity (Wildman–Crippen MR) is 108 cm³/mol. The number of carbonyl (C=O) groups excluding carboxylic acids is 1. The number of rotatable bonds is 4. The van der Waals surface area contributed by atoms with E-state index in [9.17, 15) is 18.4 Å². The molecule has 0 aliphatic carbocycles. The minimum absolute atomic E-state index is 0.113. The summed E-state index contributed by atoms with van der Waals surface area (Å²) < 4.78 is 26.7. The molecule has 0 bridgehead atoms. The Kier molecular flexibility index (Phi) is 4.93. The number of carboxylic acids is 1. The highest BCUT2D eigenvalue weighted by Crippen LogP contribution is 2.28. The van der Waals surface area contributed by atoms with Gasteiger partial charge in [0.2, 0.25) is 0 Å². The van der Waals surface area contributed by atoms with E-state index in [1.807, 2.05) is 0 Å². The van der Waals surface area contributed by atoms with Gasteiger partial charge in [-0.05, 0) is 72.3 Å². The average molecular weight is 404 g/mol. The summed E-state index contributed by atoms with van der Waals surface area (Å²) >= 11 is 0. The lowest BCUT2D eigenvalue weighted by molar-refractivity contribution is -0.113. The average Bonchev–Trinajstić information content (AvgIpc) is 3.06. The molecule has 148 valence electrons. The fraction of sp³-hybridized carbons (Fsp3) is 0. The fourth-order valence-electron chi connectivity index (χ4n) is 3.02. The van der Waals surface area contributed by atoms with Crippen molar-refractivity contribution in [2.45, 2.75) is 0 Å². The highest BCUT2D eigenvalue weighted by atomic mass is 19.1. The lowest BCUT2D eigenvalue weighted by Gasteiger charge is -2.18. The van der Waals surface area contributed by atoms with Crippen molar-refractivity contribution in [2.24, 2.45) is 4.99 Å². The van der Waals surface area contributed by atoms with E-state index in [0.29, 0.717) is 16.8 Å². The molecule has 1 amide bonds. The zero-order valence-electron chi connectivity index (χ0n) is 15.4. The summed E-state index contributed by atoms with van der Waals surface area (Å²) in [6, 6.07) is 16.9. The van der Waals surface area contributed by atoms with Crippen molar-refractivity contribution in [3.8, 4) is 0 Å². The van der Waals surface area contributed by atoms with Crippen molar-refractivity contribution in [2.75, 3.05) is 4.90 Å². The van der Waals surface area contributed by atoms with Gasteiger partial charge in [-0.3, -0.25) is 9.69 Å². The topological polar surface area (TPSA) is 70.0 Å². The number of halogens is 2. The third-order valence-electron chi connectivity index (χ3n) is 4.51. The van der Waals surface area contributed by atoms with Gasteiger partial charge >= 0.3 is 5.97 Å².